The summed E-state index contributed by atoms with van der Waals surface area (Å²) in [7, 11) is 1.65. The number of methoxy groups -OCH3 is 1. The second-order valence-corrected chi connectivity index (χ2v) is 11.5. The van der Waals surface area contributed by atoms with E-state index in [2.05, 4.69) is 13.8 Å². The zero-order valence-electron chi connectivity index (χ0n) is 20.3. The van der Waals surface area contributed by atoms with Crippen LogP contribution >= 0.6 is 0 Å². The highest BCUT2D eigenvalue weighted by Crippen LogP contribution is 2.72. The number of aliphatic hydroxyl groups is 1. The number of rotatable bonds is 3. The Morgan fingerprint density at radius 2 is 2.03 bits per heavy atom. The Morgan fingerprint density at radius 1 is 1.21 bits per heavy atom. The fourth-order valence-corrected chi connectivity index (χ4v) is 9.04. The zero-order valence-corrected chi connectivity index (χ0v) is 20.3. The lowest BCUT2D eigenvalue weighted by Gasteiger charge is -2.62. The first-order valence-electron chi connectivity index (χ1n) is 12.5. The molecular formula is C26H36O8. The lowest BCUT2D eigenvalue weighted by molar-refractivity contribution is -0.264. The summed E-state index contributed by atoms with van der Waals surface area (Å²) in [5.41, 5.74) is 0.608. The molecule has 2 heterocycles. The second-order valence-electron chi connectivity index (χ2n) is 11.5. The van der Waals surface area contributed by atoms with Gasteiger partial charge in [0.2, 0.25) is 5.79 Å². The molecule has 6 aliphatic rings. The first-order chi connectivity index (χ1) is 16.3. The number of hydrogen-bond donors (Lipinski definition) is 1. The molecule has 188 valence electrons. The fourth-order valence-electron chi connectivity index (χ4n) is 9.04. The van der Waals surface area contributed by atoms with E-state index in [0.29, 0.717) is 30.4 Å². The van der Waals surface area contributed by atoms with Gasteiger partial charge in [-0.15, -0.1) is 0 Å². The predicted molar refractivity (Wildman–Crippen MR) is 119 cm³/mol. The van der Waals surface area contributed by atoms with Crippen molar-refractivity contribution in [1.82, 2.24) is 0 Å². The number of ether oxygens (including phenoxy) is 6. The van der Waals surface area contributed by atoms with Gasteiger partial charge in [0.15, 0.2) is 19.4 Å². The topological polar surface area (TPSA) is 92.7 Å². The zero-order chi connectivity index (χ0) is 23.8. The van der Waals surface area contributed by atoms with Crippen LogP contribution in [0.25, 0.3) is 0 Å². The van der Waals surface area contributed by atoms with Gasteiger partial charge in [-0.25, -0.2) is 0 Å². The predicted octanol–water partition coefficient (Wildman–Crippen LogP) is 3.61. The summed E-state index contributed by atoms with van der Waals surface area (Å²) in [6.07, 6.45) is 7.78. The molecule has 34 heavy (non-hydrogen) atoms. The van der Waals surface area contributed by atoms with Crippen LogP contribution in [0.3, 0.4) is 0 Å². The Hall–Kier alpha value is -1.29. The van der Waals surface area contributed by atoms with Crippen molar-refractivity contribution in [2.75, 3.05) is 34.1 Å². The molecule has 8 nitrogen and oxygen atoms in total. The number of aliphatic hydroxyl groups excluding tert-OH is 1. The number of allylic oxidation sites excluding steroid dienone is 2. The average molecular weight is 477 g/mol. The van der Waals surface area contributed by atoms with E-state index in [-0.39, 0.29) is 49.0 Å². The molecule has 0 aromatic rings. The third-order valence-corrected chi connectivity index (χ3v) is 10.4. The number of fused-ring (bicyclic) bond motifs is 7. The lowest BCUT2D eigenvalue weighted by Crippen LogP contribution is -2.66. The highest BCUT2D eigenvalue weighted by Gasteiger charge is 2.77. The minimum Gasteiger partial charge on any atom is -0.515 e. The van der Waals surface area contributed by atoms with Crippen LogP contribution in [0, 0.1) is 28.6 Å². The van der Waals surface area contributed by atoms with Gasteiger partial charge in [-0.1, -0.05) is 19.4 Å². The maximum Gasteiger partial charge on any atom is 0.226 e. The van der Waals surface area contributed by atoms with Crippen molar-refractivity contribution in [2.24, 2.45) is 28.6 Å². The molecule has 8 heteroatoms. The van der Waals surface area contributed by atoms with Crippen molar-refractivity contribution in [3.63, 3.8) is 0 Å². The summed E-state index contributed by atoms with van der Waals surface area (Å²) in [5, 5.41) is 9.80. The molecule has 0 aromatic heterocycles. The second kappa shape index (κ2) is 7.85. The molecule has 6 rings (SSSR count). The average Bonchev–Trinajstić information content (AvgIpc) is 3.52. The summed E-state index contributed by atoms with van der Waals surface area (Å²) in [4.78, 5) is 12.6. The van der Waals surface area contributed by atoms with Crippen molar-refractivity contribution in [3.8, 4) is 0 Å². The summed E-state index contributed by atoms with van der Waals surface area (Å²) in [6, 6.07) is 0. The van der Waals surface area contributed by atoms with Crippen LogP contribution < -0.4 is 0 Å². The molecule has 0 radical (unpaired) electrons. The van der Waals surface area contributed by atoms with Gasteiger partial charge in [-0.2, -0.15) is 0 Å². The van der Waals surface area contributed by atoms with Crippen molar-refractivity contribution >= 4 is 5.78 Å². The maximum absolute atomic E-state index is 12.6. The lowest BCUT2D eigenvalue weighted by atomic mass is 9.45. The van der Waals surface area contributed by atoms with Crippen LogP contribution in [-0.4, -0.2) is 62.5 Å². The van der Waals surface area contributed by atoms with Gasteiger partial charge in [-0.3, -0.25) is 4.79 Å². The molecule has 4 aliphatic carbocycles. The molecule has 5 fully saturated rings. The van der Waals surface area contributed by atoms with Crippen LogP contribution in [0.4, 0.5) is 0 Å². The van der Waals surface area contributed by atoms with Gasteiger partial charge < -0.3 is 33.5 Å². The summed E-state index contributed by atoms with van der Waals surface area (Å²) in [5.74, 6) is 0.0557. The number of hydrogen-bond acceptors (Lipinski definition) is 8. The summed E-state index contributed by atoms with van der Waals surface area (Å²) < 4.78 is 36.3. The third-order valence-electron chi connectivity index (χ3n) is 10.4. The van der Waals surface area contributed by atoms with Gasteiger partial charge in [0.05, 0.1) is 12.4 Å². The van der Waals surface area contributed by atoms with Crippen molar-refractivity contribution in [1.29, 1.82) is 0 Å². The number of carbonyl (C=O) groups is 1. The Labute approximate surface area is 200 Å². The molecule has 0 amide bonds. The van der Waals surface area contributed by atoms with Gasteiger partial charge in [-0.05, 0) is 67.8 Å². The van der Waals surface area contributed by atoms with E-state index in [9.17, 15) is 9.90 Å². The monoisotopic (exact) mass is 476 g/mol. The van der Waals surface area contributed by atoms with Crippen molar-refractivity contribution in [3.05, 3.63) is 23.5 Å². The molecule has 0 aromatic carbocycles. The summed E-state index contributed by atoms with van der Waals surface area (Å²) in [6.45, 7) is 5.61. The van der Waals surface area contributed by atoms with Gasteiger partial charge in [0.1, 0.15) is 19.0 Å². The largest absolute Gasteiger partial charge is 0.515 e. The van der Waals surface area contributed by atoms with Gasteiger partial charge >= 0.3 is 0 Å². The molecule has 2 spiro atoms. The highest BCUT2D eigenvalue weighted by molar-refractivity contribution is 6.05. The van der Waals surface area contributed by atoms with E-state index in [1.807, 2.05) is 0 Å². The molecule has 2 saturated heterocycles. The SMILES string of the molecule is COCO[C@H]1C[C@@]2(C)C(CCC23OCOC32COCO2)C2CCC3=CC(=O)/C(=C\O)C[C@]3(C)C21. The molecule has 1 N–H and O–H groups in total. The van der Waals surface area contributed by atoms with Crippen LogP contribution in [0.15, 0.2) is 23.5 Å². The Morgan fingerprint density at radius 3 is 2.76 bits per heavy atom. The maximum atomic E-state index is 12.6. The van der Waals surface area contributed by atoms with Crippen molar-refractivity contribution < 1.29 is 38.3 Å². The smallest absolute Gasteiger partial charge is 0.226 e. The van der Waals surface area contributed by atoms with E-state index < -0.39 is 11.4 Å². The van der Waals surface area contributed by atoms with Crippen LogP contribution in [0.1, 0.15) is 52.4 Å². The quantitative estimate of drug-likeness (QED) is 0.375. The molecule has 3 saturated carbocycles. The van der Waals surface area contributed by atoms with E-state index in [0.717, 1.165) is 38.4 Å². The standard InChI is InChI=1S/C26H36O8/c1-23-9-16(11-27)20(28)8-17(23)4-5-18-19-6-7-25(26(34-15-32-25)12-30-14-33-26)24(19,2)10-21(22(18)23)31-13-29-3/h8,11,18-19,21-22,27H,4-7,9-10,12-15H2,1-3H3/b16-11-/t18?,19?,21-,22?,23-,24-,25?,26?/m0/s1. The Bertz CT molecular complexity index is 916. The third kappa shape index (κ3) is 2.78. The highest BCUT2D eigenvalue weighted by atomic mass is 16.9. The first-order valence-corrected chi connectivity index (χ1v) is 12.5. The van der Waals surface area contributed by atoms with Gasteiger partial charge in [0, 0.05) is 18.1 Å². The van der Waals surface area contributed by atoms with E-state index in [1.165, 1.54) is 5.57 Å². The Kier molecular flexibility index (Phi) is 5.34. The van der Waals surface area contributed by atoms with Crippen LogP contribution in [-0.2, 0) is 33.2 Å². The minimum atomic E-state index is -0.872. The summed E-state index contributed by atoms with van der Waals surface area (Å²) >= 11 is 0. The molecule has 8 atom stereocenters. The van der Waals surface area contributed by atoms with E-state index in [1.54, 1.807) is 13.2 Å². The van der Waals surface area contributed by atoms with E-state index in [4.69, 9.17) is 28.4 Å². The molecule has 5 unspecified atom stereocenters. The van der Waals surface area contributed by atoms with Crippen LogP contribution in [0.2, 0.25) is 0 Å². The molecule has 0 bridgehead atoms. The normalized spacial score (nSPS) is 51.1. The Balaban J connectivity index is 1.43. The van der Waals surface area contributed by atoms with E-state index >= 15 is 0 Å². The molecule has 2 aliphatic heterocycles. The molecular weight excluding hydrogens is 440 g/mol. The fraction of sp³-hybridized carbons (Fsp3) is 0.808. The van der Waals surface area contributed by atoms with Crippen molar-refractivity contribution in [2.45, 2.75) is 69.9 Å². The minimum absolute atomic E-state index is 0.0694. The number of ketones is 1. The van der Waals surface area contributed by atoms with Gasteiger partial charge in [0.25, 0.3) is 0 Å². The van der Waals surface area contributed by atoms with Crippen LogP contribution in [0.5, 0.6) is 0 Å². The first kappa shape index (κ1) is 23.1. The number of carbonyl (C=O) groups excluding carboxylic acids is 1.